The van der Waals surface area contributed by atoms with Crippen LogP contribution in [0.2, 0.25) is 0 Å². The fourth-order valence-corrected chi connectivity index (χ4v) is 3.63. The van der Waals surface area contributed by atoms with Crippen molar-refractivity contribution in [3.63, 3.8) is 0 Å². The van der Waals surface area contributed by atoms with Crippen LogP contribution in [-0.4, -0.2) is 29.9 Å². The molecule has 3 rings (SSSR count). The van der Waals surface area contributed by atoms with E-state index in [9.17, 15) is 9.59 Å². The van der Waals surface area contributed by atoms with Gasteiger partial charge >= 0.3 is 6.03 Å². The molecular formula is C20H24BrN3O3. The molecular weight excluding hydrogens is 410 g/mol. The Kier molecular flexibility index (Phi) is 6.55. The number of benzene rings is 1. The van der Waals surface area contributed by atoms with E-state index in [2.05, 4.69) is 26.6 Å². The summed E-state index contributed by atoms with van der Waals surface area (Å²) in [6.07, 6.45) is 2.93. The lowest BCUT2D eigenvalue weighted by atomic mass is 9.96. The van der Waals surface area contributed by atoms with E-state index in [1.807, 2.05) is 37.3 Å². The number of rotatable bonds is 5. The number of carbonyl (C=O) groups excluding carboxylic acids is 2. The predicted octanol–water partition coefficient (Wildman–Crippen LogP) is 3.84. The lowest BCUT2D eigenvalue weighted by molar-refractivity contribution is -0.126. The maximum atomic E-state index is 12.5. The molecule has 0 spiro atoms. The molecule has 2 N–H and O–H groups in total. The Bertz CT molecular complexity index is 771. The zero-order chi connectivity index (χ0) is 19.2. The van der Waals surface area contributed by atoms with Crippen molar-refractivity contribution < 1.29 is 14.0 Å². The van der Waals surface area contributed by atoms with Crippen molar-refractivity contribution >= 4 is 27.9 Å². The van der Waals surface area contributed by atoms with Gasteiger partial charge < -0.3 is 20.0 Å². The molecule has 0 saturated carbocycles. The Morgan fingerprint density at radius 1 is 1.26 bits per heavy atom. The van der Waals surface area contributed by atoms with Gasteiger partial charge in [0.2, 0.25) is 5.91 Å². The maximum Gasteiger partial charge on any atom is 0.317 e. The van der Waals surface area contributed by atoms with Crippen LogP contribution in [0.25, 0.3) is 0 Å². The number of furan rings is 1. The molecule has 0 radical (unpaired) electrons. The second-order valence-corrected chi connectivity index (χ2v) is 7.70. The van der Waals surface area contributed by atoms with Crippen molar-refractivity contribution in [2.75, 3.05) is 13.1 Å². The minimum absolute atomic E-state index is 0.0222. The summed E-state index contributed by atoms with van der Waals surface area (Å²) in [5.74, 6) is 0.696. The van der Waals surface area contributed by atoms with Gasteiger partial charge in [-0.3, -0.25) is 4.79 Å². The van der Waals surface area contributed by atoms with Gasteiger partial charge in [0.15, 0.2) is 0 Å². The van der Waals surface area contributed by atoms with E-state index >= 15 is 0 Å². The SMILES string of the molecule is CC(NC(=O)N1CCC(C(=O)NCc2ccco2)CC1)c1cccc(Br)c1. The summed E-state index contributed by atoms with van der Waals surface area (Å²) in [7, 11) is 0. The number of hydrogen-bond acceptors (Lipinski definition) is 3. The van der Waals surface area contributed by atoms with Crippen molar-refractivity contribution in [2.45, 2.75) is 32.4 Å². The predicted molar refractivity (Wildman–Crippen MR) is 106 cm³/mol. The standard InChI is InChI=1S/C20H24BrN3O3/c1-14(16-4-2-5-17(21)12-16)23-20(26)24-9-7-15(8-10-24)19(25)22-13-18-6-3-11-27-18/h2-6,11-12,14-15H,7-10,13H2,1H3,(H,22,25)(H,23,26). The first kappa shape index (κ1) is 19.5. The van der Waals surface area contributed by atoms with Gasteiger partial charge in [0.05, 0.1) is 18.8 Å². The van der Waals surface area contributed by atoms with Gasteiger partial charge in [-0.1, -0.05) is 28.1 Å². The lowest BCUT2D eigenvalue weighted by Gasteiger charge is -2.32. The van der Waals surface area contributed by atoms with Crippen LogP contribution in [-0.2, 0) is 11.3 Å². The summed E-state index contributed by atoms with van der Waals surface area (Å²) in [6, 6.07) is 11.4. The largest absolute Gasteiger partial charge is 0.467 e. The van der Waals surface area contributed by atoms with Crippen LogP contribution in [0, 0.1) is 5.92 Å². The minimum atomic E-state index is -0.0862. The summed E-state index contributed by atoms with van der Waals surface area (Å²) in [6.45, 7) is 3.52. The number of carbonyl (C=O) groups is 2. The molecule has 2 aromatic rings. The number of halogens is 1. The first-order valence-electron chi connectivity index (χ1n) is 9.14. The first-order valence-corrected chi connectivity index (χ1v) is 9.93. The van der Waals surface area contributed by atoms with Crippen LogP contribution < -0.4 is 10.6 Å². The fraction of sp³-hybridized carbons (Fsp3) is 0.400. The van der Waals surface area contributed by atoms with Gasteiger partial charge in [-0.15, -0.1) is 0 Å². The Labute approximate surface area is 167 Å². The molecule has 1 saturated heterocycles. The number of likely N-dealkylation sites (tertiary alicyclic amines) is 1. The minimum Gasteiger partial charge on any atom is -0.467 e. The molecule has 1 unspecified atom stereocenters. The van der Waals surface area contributed by atoms with E-state index in [1.165, 1.54) is 0 Å². The molecule has 0 aliphatic carbocycles. The molecule has 1 fully saturated rings. The van der Waals surface area contributed by atoms with Crippen LogP contribution >= 0.6 is 15.9 Å². The topological polar surface area (TPSA) is 74.6 Å². The lowest BCUT2D eigenvalue weighted by Crippen LogP contribution is -2.47. The molecule has 1 aromatic carbocycles. The van der Waals surface area contributed by atoms with Crippen LogP contribution in [0.4, 0.5) is 4.79 Å². The Morgan fingerprint density at radius 2 is 2.04 bits per heavy atom. The van der Waals surface area contributed by atoms with E-state index in [0.29, 0.717) is 32.5 Å². The van der Waals surface area contributed by atoms with Crippen molar-refractivity contribution in [1.29, 1.82) is 0 Å². The zero-order valence-electron chi connectivity index (χ0n) is 15.3. The highest BCUT2D eigenvalue weighted by atomic mass is 79.9. The zero-order valence-corrected chi connectivity index (χ0v) is 16.9. The number of amides is 3. The monoisotopic (exact) mass is 433 g/mol. The van der Waals surface area contributed by atoms with Gasteiger partial charge in [0, 0.05) is 23.5 Å². The molecule has 1 aliphatic rings. The third-order valence-corrected chi connectivity index (χ3v) is 5.35. The second-order valence-electron chi connectivity index (χ2n) is 6.78. The summed E-state index contributed by atoms with van der Waals surface area (Å²) < 4.78 is 6.21. The molecule has 2 heterocycles. The smallest absolute Gasteiger partial charge is 0.317 e. The summed E-state index contributed by atoms with van der Waals surface area (Å²) >= 11 is 3.45. The van der Waals surface area contributed by atoms with E-state index in [-0.39, 0.29) is 23.9 Å². The number of piperidine rings is 1. The molecule has 1 aliphatic heterocycles. The molecule has 7 heteroatoms. The van der Waals surface area contributed by atoms with E-state index < -0.39 is 0 Å². The molecule has 3 amide bonds. The van der Waals surface area contributed by atoms with Crippen LogP contribution in [0.3, 0.4) is 0 Å². The average Bonchev–Trinajstić information content (AvgIpc) is 3.20. The van der Waals surface area contributed by atoms with Crippen molar-refractivity contribution in [1.82, 2.24) is 15.5 Å². The highest BCUT2D eigenvalue weighted by Gasteiger charge is 2.27. The third kappa shape index (κ3) is 5.35. The highest BCUT2D eigenvalue weighted by molar-refractivity contribution is 9.10. The van der Waals surface area contributed by atoms with E-state index in [1.54, 1.807) is 17.2 Å². The average molecular weight is 434 g/mol. The van der Waals surface area contributed by atoms with Crippen molar-refractivity contribution in [3.8, 4) is 0 Å². The van der Waals surface area contributed by atoms with Crippen LogP contribution in [0.1, 0.15) is 37.1 Å². The van der Waals surface area contributed by atoms with Crippen molar-refractivity contribution in [2.24, 2.45) is 5.92 Å². The normalized spacial score (nSPS) is 16.0. The Hall–Kier alpha value is -2.28. The summed E-state index contributed by atoms with van der Waals surface area (Å²) in [5, 5.41) is 5.94. The van der Waals surface area contributed by atoms with Gasteiger partial charge in [0.1, 0.15) is 5.76 Å². The highest BCUT2D eigenvalue weighted by Crippen LogP contribution is 2.20. The van der Waals surface area contributed by atoms with E-state index in [0.717, 1.165) is 15.8 Å². The van der Waals surface area contributed by atoms with Gasteiger partial charge in [-0.25, -0.2) is 4.79 Å². The van der Waals surface area contributed by atoms with Gasteiger partial charge in [0.25, 0.3) is 0 Å². The number of nitrogens with one attached hydrogen (secondary N) is 2. The molecule has 1 atom stereocenters. The van der Waals surface area contributed by atoms with Gasteiger partial charge in [-0.2, -0.15) is 0 Å². The van der Waals surface area contributed by atoms with Crippen LogP contribution in [0.5, 0.6) is 0 Å². The molecule has 144 valence electrons. The number of hydrogen-bond donors (Lipinski definition) is 2. The third-order valence-electron chi connectivity index (χ3n) is 4.86. The molecule has 0 bridgehead atoms. The maximum absolute atomic E-state index is 12.5. The summed E-state index contributed by atoms with van der Waals surface area (Å²) in [4.78, 5) is 26.6. The molecule has 1 aromatic heterocycles. The number of urea groups is 1. The molecule has 27 heavy (non-hydrogen) atoms. The molecule has 6 nitrogen and oxygen atoms in total. The summed E-state index contributed by atoms with van der Waals surface area (Å²) in [5.41, 5.74) is 1.05. The second kappa shape index (κ2) is 9.08. The fourth-order valence-electron chi connectivity index (χ4n) is 3.21. The van der Waals surface area contributed by atoms with E-state index in [4.69, 9.17) is 4.42 Å². The Morgan fingerprint density at radius 3 is 2.70 bits per heavy atom. The first-order chi connectivity index (χ1) is 13.0. The van der Waals surface area contributed by atoms with Crippen molar-refractivity contribution in [3.05, 3.63) is 58.5 Å². The quantitative estimate of drug-likeness (QED) is 0.751. The van der Waals surface area contributed by atoms with Gasteiger partial charge in [-0.05, 0) is 49.6 Å². The van der Waals surface area contributed by atoms with Crippen LogP contribution in [0.15, 0.2) is 51.6 Å². The number of nitrogens with zero attached hydrogens (tertiary/aromatic N) is 1. The Balaban J connectivity index is 1.44.